The average Bonchev–Trinajstić information content (AvgIpc) is 2.88. The Morgan fingerprint density at radius 2 is 1.16 bits per heavy atom. The molecule has 1 heterocycles. The highest BCUT2D eigenvalue weighted by Crippen LogP contribution is 2.44. The predicted molar refractivity (Wildman–Crippen MR) is 132 cm³/mol. The van der Waals surface area contributed by atoms with Crippen LogP contribution in [0.4, 0.5) is 0 Å². The minimum absolute atomic E-state index is 0.618. The summed E-state index contributed by atoms with van der Waals surface area (Å²) in [5, 5.41) is 0. The monoisotopic (exact) mass is 424 g/mol. The first-order chi connectivity index (χ1) is 15.9. The molecule has 0 radical (unpaired) electrons. The molecular formula is C31H38N+. The Morgan fingerprint density at radius 1 is 0.594 bits per heavy atom. The molecule has 1 aromatic heterocycles. The average molecular weight is 425 g/mol. The second kappa shape index (κ2) is 9.00. The lowest BCUT2D eigenvalue weighted by atomic mass is 9.74. The fourth-order valence-corrected chi connectivity index (χ4v) is 7.14. The topological polar surface area (TPSA) is 3.88 Å². The van der Waals surface area contributed by atoms with Gasteiger partial charge in [0.15, 0.2) is 11.4 Å². The molecule has 32 heavy (non-hydrogen) atoms. The number of pyridine rings is 1. The summed E-state index contributed by atoms with van der Waals surface area (Å²) in [6.07, 6.45) is 23.8. The van der Waals surface area contributed by atoms with Crippen molar-refractivity contribution in [2.45, 2.75) is 102 Å². The third kappa shape index (κ3) is 3.68. The zero-order valence-corrected chi connectivity index (χ0v) is 19.6. The zero-order chi connectivity index (χ0) is 21.3. The van der Waals surface area contributed by atoms with Gasteiger partial charge in [-0.1, -0.05) is 41.5 Å². The number of para-hydroxylation sites is 1. The van der Waals surface area contributed by atoms with Crippen LogP contribution in [-0.2, 0) is 12.8 Å². The Balaban J connectivity index is 1.59. The normalized spacial score (nSPS) is 25.4. The van der Waals surface area contributed by atoms with Crippen LogP contribution in [0.25, 0.3) is 5.69 Å². The van der Waals surface area contributed by atoms with Crippen LogP contribution in [0.5, 0.6) is 0 Å². The van der Waals surface area contributed by atoms with Gasteiger partial charge in [-0.2, -0.15) is 4.57 Å². The number of nitrogens with zero attached hydrogens (tertiary/aromatic N) is 1. The van der Waals surface area contributed by atoms with Crippen molar-refractivity contribution in [3.8, 4) is 5.69 Å². The predicted octanol–water partition coefficient (Wildman–Crippen LogP) is 7.80. The Morgan fingerprint density at radius 3 is 1.66 bits per heavy atom. The van der Waals surface area contributed by atoms with Crippen molar-refractivity contribution in [2.75, 3.05) is 0 Å². The van der Waals surface area contributed by atoms with E-state index in [4.69, 9.17) is 0 Å². The molecule has 1 nitrogen and oxygen atoms in total. The number of hydrogen-bond donors (Lipinski definition) is 0. The Bertz CT molecular complexity index is 980. The number of rotatable bonds is 3. The molecule has 0 amide bonds. The molecule has 166 valence electrons. The van der Waals surface area contributed by atoms with Crippen molar-refractivity contribution < 1.29 is 4.57 Å². The highest BCUT2D eigenvalue weighted by atomic mass is 15.0. The molecule has 0 fully saturated rings. The molecule has 0 saturated carbocycles. The molecular weight excluding hydrogens is 386 g/mol. The lowest BCUT2D eigenvalue weighted by Crippen LogP contribution is -2.47. The molecule has 0 spiro atoms. The summed E-state index contributed by atoms with van der Waals surface area (Å²) in [6.45, 7) is 0. The van der Waals surface area contributed by atoms with E-state index < -0.39 is 0 Å². The Hall–Kier alpha value is -2.15. The third-order valence-electron chi connectivity index (χ3n) is 8.59. The van der Waals surface area contributed by atoms with Crippen molar-refractivity contribution in [3.63, 3.8) is 0 Å². The van der Waals surface area contributed by atoms with Crippen LogP contribution in [0.2, 0.25) is 0 Å². The molecule has 1 aromatic carbocycles. The molecule has 2 aromatic rings. The van der Waals surface area contributed by atoms with E-state index in [1.54, 1.807) is 33.7 Å². The molecule has 0 N–H and O–H groups in total. The van der Waals surface area contributed by atoms with Crippen LogP contribution in [-0.4, -0.2) is 0 Å². The van der Waals surface area contributed by atoms with E-state index in [0.717, 1.165) is 0 Å². The van der Waals surface area contributed by atoms with Crippen LogP contribution < -0.4 is 4.57 Å². The van der Waals surface area contributed by atoms with E-state index in [9.17, 15) is 0 Å². The number of aromatic nitrogens is 1. The minimum atomic E-state index is 0.618. The summed E-state index contributed by atoms with van der Waals surface area (Å²) in [5.41, 5.74) is 11.5. The second-order valence-electron chi connectivity index (χ2n) is 10.6. The minimum Gasteiger partial charge on any atom is -0.160 e. The standard InChI is InChI=1S/C31H38N/c1-4-12-23(13-5-1)28-20-10-16-25-22-26-17-11-21-29(24-14-6-2-7-15-24)31(26)32(30(25)28)27-18-8-3-9-19-27/h3,8-9,12,14,18-19,22,28-29H,1-2,4-7,10-11,13,15-17,20-21H2/q+1/t28-,29-/m1/s1. The summed E-state index contributed by atoms with van der Waals surface area (Å²) < 4.78 is 2.79. The van der Waals surface area contributed by atoms with Gasteiger partial charge in [-0.05, 0) is 96.0 Å². The highest BCUT2D eigenvalue weighted by Gasteiger charge is 2.41. The summed E-state index contributed by atoms with van der Waals surface area (Å²) >= 11 is 0. The second-order valence-corrected chi connectivity index (χ2v) is 10.6. The van der Waals surface area contributed by atoms with Crippen molar-refractivity contribution in [1.29, 1.82) is 0 Å². The van der Waals surface area contributed by atoms with Gasteiger partial charge in [-0.15, -0.1) is 0 Å². The third-order valence-corrected chi connectivity index (χ3v) is 8.59. The number of allylic oxidation sites excluding steroid dienone is 4. The number of fused-ring (bicyclic) bond motifs is 2. The van der Waals surface area contributed by atoms with Gasteiger partial charge in [0.05, 0.1) is 11.8 Å². The van der Waals surface area contributed by atoms with Crippen LogP contribution in [0.1, 0.15) is 111 Å². The van der Waals surface area contributed by atoms with E-state index in [2.05, 4.69) is 53.1 Å². The molecule has 0 saturated heterocycles. The molecule has 2 atom stereocenters. The smallest absolute Gasteiger partial charge is 0.160 e. The van der Waals surface area contributed by atoms with E-state index in [-0.39, 0.29) is 0 Å². The lowest BCUT2D eigenvalue weighted by Gasteiger charge is -2.32. The lowest BCUT2D eigenvalue weighted by molar-refractivity contribution is -0.617. The molecule has 0 unspecified atom stereocenters. The maximum atomic E-state index is 2.79. The largest absolute Gasteiger partial charge is 0.211 e. The van der Waals surface area contributed by atoms with Gasteiger partial charge in [-0.25, -0.2) is 0 Å². The number of hydrogen-bond acceptors (Lipinski definition) is 0. The summed E-state index contributed by atoms with van der Waals surface area (Å²) in [7, 11) is 0. The fraction of sp³-hybridized carbons (Fsp3) is 0.516. The SMILES string of the molecule is C1=C([C@H]2CCCc3cc4c([n+](-c5ccccc5)c32)[C@@H](C2=CCCCC2)CCC4)CCCC1. The van der Waals surface area contributed by atoms with Gasteiger partial charge in [0, 0.05) is 23.3 Å². The quantitative estimate of drug-likeness (QED) is 0.349. The Kier molecular flexibility index (Phi) is 5.76. The van der Waals surface area contributed by atoms with Crippen molar-refractivity contribution >= 4 is 0 Å². The summed E-state index contributed by atoms with van der Waals surface area (Å²) in [4.78, 5) is 0. The van der Waals surface area contributed by atoms with Crippen molar-refractivity contribution in [3.05, 3.63) is 82.2 Å². The first kappa shape index (κ1) is 20.5. The number of aryl methyl sites for hydroxylation is 2. The van der Waals surface area contributed by atoms with E-state index in [1.165, 1.54) is 95.6 Å². The van der Waals surface area contributed by atoms with E-state index in [0.29, 0.717) is 11.8 Å². The molecule has 6 rings (SSSR count). The van der Waals surface area contributed by atoms with Crippen LogP contribution >= 0.6 is 0 Å². The highest BCUT2D eigenvalue weighted by molar-refractivity contribution is 5.41. The van der Waals surface area contributed by atoms with E-state index in [1.807, 2.05) is 0 Å². The fourth-order valence-electron chi connectivity index (χ4n) is 7.14. The van der Waals surface area contributed by atoms with Gasteiger partial charge in [0.25, 0.3) is 0 Å². The van der Waals surface area contributed by atoms with Crippen LogP contribution in [0.15, 0.2) is 59.7 Å². The van der Waals surface area contributed by atoms with Crippen LogP contribution in [0.3, 0.4) is 0 Å². The summed E-state index contributed by atoms with van der Waals surface area (Å²) in [5.74, 6) is 1.24. The van der Waals surface area contributed by atoms with E-state index >= 15 is 0 Å². The maximum Gasteiger partial charge on any atom is 0.211 e. The molecule has 1 heteroatoms. The zero-order valence-electron chi connectivity index (χ0n) is 19.6. The van der Waals surface area contributed by atoms with Gasteiger partial charge in [0.1, 0.15) is 0 Å². The molecule has 4 aliphatic carbocycles. The van der Waals surface area contributed by atoms with Crippen molar-refractivity contribution in [2.24, 2.45) is 0 Å². The first-order valence-electron chi connectivity index (χ1n) is 13.4. The maximum absolute atomic E-state index is 2.79. The molecule has 0 bridgehead atoms. The van der Waals surface area contributed by atoms with Gasteiger partial charge in [-0.3, -0.25) is 0 Å². The molecule has 0 aliphatic heterocycles. The van der Waals surface area contributed by atoms with Gasteiger partial charge in [0.2, 0.25) is 5.69 Å². The van der Waals surface area contributed by atoms with Gasteiger partial charge < -0.3 is 0 Å². The first-order valence-corrected chi connectivity index (χ1v) is 13.4. The summed E-state index contributed by atoms with van der Waals surface area (Å²) in [6, 6.07) is 14.0. The Labute approximate surface area is 194 Å². The van der Waals surface area contributed by atoms with Crippen molar-refractivity contribution in [1.82, 2.24) is 0 Å². The van der Waals surface area contributed by atoms with Crippen LogP contribution in [0, 0.1) is 0 Å². The molecule has 4 aliphatic rings. The van der Waals surface area contributed by atoms with Gasteiger partial charge >= 0.3 is 0 Å². The number of benzene rings is 1.